The summed E-state index contributed by atoms with van der Waals surface area (Å²) in [7, 11) is 0. The fourth-order valence-corrected chi connectivity index (χ4v) is 3.88. The van der Waals surface area contributed by atoms with Crippen LogP contribution >= 0.6 is 0 Å². The van der Waals surface area contributed by atoms with Gasteiger partial charge < -0.3 is 0 Å². The summed E-state index contributed by atoms with van der Waals surface area (Å²) in [4.78, 5) is 14.8. The summed E-state index contributed by atoms with van der Waals surface area (Å²) in [5.41, 5.74) is 0.432. The molecule has 2 heterocycles. The second-order valence-electron chi connectivity index (χ2n) is 6.89. The molecule has 1 aromatic carbocycles. The summed E-state index contributed by atoms with van der Waals surface area (Å²) in [6, 6.07) is 5.76. The molecular formula is C18H19F2N3O. The van der Waals surface area contributed by atoms with E-state index >= 15 is 0 Å². The number of carbonyl (C=O) groups is 1. The van der Waals surface area contributed by atoms with Crippen molar-refractivity contribution in [3.63, 3.8) is 0 Å². The molecule has 4 nitrogen and oxygen atoms in total. The van der Waals surface area contributed by atoms with Gasteiger partial charge in [0.1, 0.15) is 17.5 Å². The largest absolute Gasteiger partial charge is 0.294 e. The maximum atomic E-state index is 14.0. The average Bonchev–Trinajstić information content (AvgIpc) is 3.15. The summed E-state index contributed by atoms with van der Waals surface area (Å²) in [6.07, 6.45) is 3.14. The molecular weight excluding hydrogens is 312 g/mol. The molecule has 0 bridgehead atoms. The summed E-state index contributed by atoms with van der Waals surface area (Å²) >= 11 is 0. The maximum absolute atomic E-state index is 14.0. The first-order chi connectivity index (χ1) is 11.5. The molecule has 0 radical (unpaired) electrons. The predicted molar refractivity (Wildman–Crippen MR) is 85.7 cm³/mol. The molecule has 24 heavy (non-hydrogen) atoms. The van der Waals surface area contributed by atoms with Crippen molar-refractivity contribution in [1.29, 1.82) is 0 Å². The van der Waals surface area contributed by atoms with Gasteiger partial charge in [-0.3, -0.25) is 9.69 Å². The summed E-state index contributed by atoms with van der Waals surface area (Å²) in [6.45, 7) is 4.11. The summed E-state index contributed by atoms with van der Waals surface area (Å²) < 4.78 is 28.9. The van der Waals surface area contributed by atoms with E-state index < -0.39 is 11.6 Å². The highest BCUT2D eigenvalue weighted by Gasteiger charge is 2.49. The number of amides is 1. The van der Waals surface area contributed by atoms with Crippen LogP contribution in [-0.2, 0) is 4.79 Å². The Morgan fingerprint density at radius 3 is 2.71 bits per heavy atom. The number of aromatic nitrogens is 2. The summed E-state index contributed by atoms with van der Waals surface area (Å²) in [5.74, 6) is -0.769. The number of hydrogen-bond donors (Lipinski definition) is 0. The van der Waals surface area contributed by atoms with Crippen molar-refractivity contribution in [2.45, 2.75) is 44.7 Å². The van der Waals surface area contributed by atoms with Crippen LogP contribution in [0.3, 0.4) is 0 Å². The monoisotopic (exact) mass is 331 g/mol. The van der Waals surface area contributed by atoms with E-state index in [-0.39, 0.29) is 29.8 Å². The van der Waals surface area contributed by atoms with Crippen LogP contribution in [0.25, 0.3) is 0 Å². The molecule has 126 valence electrons. The van der Waals surface area contributed by atoms with Gasteiger partial charge in [0, 0.05) is 24.1 Å². The van der Waals surface area contributed by atoms with E-state index in [9.17, 15) is 13.6 Å². The van der Waals surface area contributed by atoms with Gasteiger partial charge in [-0.2, -0.15) is 5.10 Å². The number of fused-ring (bicyclic) bond motifs is 1. The number of nitrogens with zero attached hydrogens (tertiary/aromatic N) is 3. The summed E-state index contributed by atoms with van der Waals surface area (Å²) in [5, 5.41) is 4.31. The lowest BCUT2D eigenvalue weighted by molar-refractivity contribution is -0.120. The molecule has 1 fully saturated rings. The molecule has 6 heteroatoms. The van der Waals surface area contributed by atoms with Crippen molar-refractivity contribution in [1.82, 2.24) is 9.78 Å². The highest BCUT2D eigenvalue weighted by molar-refractivity contribution is 5.97. The van der Waals surface area contributed by atoms with E-state index in [0.29, 0.717) is 12.0 Å². The third kappa shape index (κ3) is 2.32. The Balaban J connectivity index is 1.59. The Morgan fingerprint density at radius 2 is 1.96 bits per heavy atom. The van der Waals surface area contributed by atoms with Crippen molar-refractivity contribution in [2.24, 2.45) is 5.92 Å². The van der Waals surface area contributed by atoms with Crippen LogP contribution in [0.2, 0.25) is 0 Å². The maximum Gasteiger partial charge on any atom is 0.232 e. The molecule has 0 unspecified atom stereocenters. The molecule has 1 aliphatic carbocycles. The Labute approximate surface area is 139 Å². The molecule has 1 aliphatic heterocycles. The molecule has 2 aliphatic rings. The minimum Gasteiger partial charge on any atom is -0.294 e. The van der Waals surface area contributed by atoms with E-state index in [1.54, 1.807) is 11.1 Å². The van der Waals surface area contributed by atoms with Crippen LogP contribution in [0.1, 0.15) is 44.2 Å². The standard InChI is InChI=1S/C18H19F2N3O/c1-10-7-11(2)23-17(5-6-21-23)22(10)18(24)15-9-14(15)13-4-3-12(19)8-16(13)20/h3-6,8,10-11,14-15H,7,9H2,1-2H3/t10-,11+,14+,15-/m1/s1. The number of carbonyl (C=O) groups excluding carboxylic acids is 1. The Bertz CT molecular complexity index is 803. The van der Waals surface area contributed by atoms with Gasteiger partial charge in [-0.1, -0.05) is 6.07 Å². The van der Waals surface area contributed by atoms with Crippen LogP contribution in [0, 0.1) is 17.6 Å². The highest BCUT2D eigenvalue weighted by atomic mass is 19.1. The predicted octanol–water partition coefficient (Wildman–Crippen LogP) is 3.65. The molecule has 0 saturated heterocycles. The lowest BCUT2D eigenvalue weighted by atomic mass is 10.0. The fourth-order valence-electron chi connectivity index (χ4n) is 3.88. The van der Waals surface area contributed by atoms with E-state index in [1.165, 1.54) is 12.1 Å². The van der Waals surface area contributed by atoms with Crippen molar-refractivity contribution in [3.05, 3.63) is 47.7 Å². The Hall–Kier alpha value is -2.24. The van der Waals surface area contributed by atoms with Gasteiger partial charge in [-0.05, 0) is 44.2 Å². The number of rotatable bonds is 2. The van der Waals surface area contributed by atoms with Gasteiger partial charge in [0.15, 0.2) is 0 Å². The second-order valence-corrected chi connectivity index (χ2v) is 6.89. The molecule has 1 saturated carbocycles. The van der Waals surface area contributed by atoms with Crippen molar-refractivity contribution < 1.29 is 13.6 Å². The number of anilines is 1. The van der Waals surface area contributed by atoms with E-state index in [2.05, 4.69) is 12.0 Å². The first-order valence-electron chi connectivity index (χ1n) is 8.29. The minimum absolute atomic E-state index is 0.00451. The molecule has 4 atom stereocenters. The van der Waals surface area contributed by atoms with Crippen LogP contribution < -0.4 is 4.90 Å². The van der Waals surface area contributed by atoms with Gasteiger partial charge in [0.05, 0.1) is 12.2 Å². The SMILES string of the molecule is C[C@@H]1C[C@H](C)n2nccc2N1C(=O)[C@@H]1C[C@H]1c1ccc(F)cc1F. The van der Waals surface area contributed by atoms with Gasteiger partial charge >= 0.3 is 0 Å². The number of halogens is 2. The van der Waals surface area contributed by atoms with Crippen LogP contribution in [0.15, 0.2) is 30.5 Å². The molecule has 4 rings (SSSR count). The molecule has 1 aromatic heterocycles. The molecule has 1 amide bonds. The smallest absolute Gasteiger partial charge is 0.232 e. The van der Waals surface area contributed by atoms with E-state index in [4.69, 9.17) is 0 Å². The third-order valence-electron chi connectivity index (χ3n) is 5.14. The van der Waals surface area contributed by atoms with Gasteiger partial charge in [-0.15, -0.1) is 0 Å². The topological polar surface area (TPSA) is 38.1 Å². The quantitative estimate of drug-likeness (QED) is 0.842. The Kier molecular flexibility index (Phi) is 3.44. The number of hydrogen-bond acceptors (Lipinski definition) is 2. The van der Waals surface area contributed by atoms with E-state index in [1.807, 2.05) is 17.7 Å². The normalized spacial score (nSPS) is 28.6. The van der Waals surface area contributed by atoms with Crippen molar-refractivity contribution in [2.75, 3.05) is 4.90 Å². The highest BCUT2D eigenvalue weighted by Crippen LogP contribution is 2.50. The zero-order valence-corrected chi connectivity index (χ0v) is 13.6. The van der Waals surface area contributed by atoms with Crippen LogP contribution in [-0.4, -0.2) is 21.7 Å². The minimum atomic E-state index is -0.595. The van der Waals surface area contributed by atoms with Crippen molar-refractivity contribution >= 4 is 11.7 Å². The molecule has 0 N–H and O–H groups in total. The lowest BCUT2D eigenvalue weighted by Gasteiger charge is -2.37. The molecule has 2 aromatic rings. The van der Waals surface area contributed by atoms with E-state index in [0.717, 1.165) is 18.3 Å². The zero-order chi connectivity index (χ0) is 17.0. The number of benzene rings is 1. The average molecular weight is 331 g/mol. The fraction of sp³-hybridized carbons (Fsp3) is 0.444. The first kappa shape index (κ1) is 15.3. The van der Waals surface area contributed by atoms with Crippen molar-refractivity contribution in [3.8, 4) is 0 Å². The zero-order valence-electron chi connectivity index (χ0n) is 13.6. The van der Waals surface area contributed by atoms with Gasteiger partial charge in [0.2, 0.25) is 5.91 Å². The lowest BCUT2D eigenvalue weighted by Crippen LogP contribution is -2.45. The Morgan fingerprint density at radius 1 is 1.17 bits per heavy atom. The van der Waals surface area contributed by atoms with Gasteiger partial charge in [-0.25, -0.2) is 13.5 Å². The molecule has 0 spiro atoms. The van der Waals surface area contributed by atoms with Gasteiger partial charge in [0.25, 0.3) is 0 Å². The van der Waals surface area contributed by atoms with Crippen LogP contribution in [0.4, 0.5) is 14.6 Å². The second kappa shape index (κ2) is 5.40. The van der Waals surface area contributed by atoms with Crippen LogP contribution in [0.5, 0.6) is 0 Å². The third-order valence-corrected chi connectivity index (χ3v) is 5.14. The first-order valence-corrected chi connectivity index (χ1v) is 8.29.